The summed E-state index contributed by atoms with van der Waals surface area (Å²) in [6, 6.07) is 8.00. The van der Waals surface area contributed by atoms with Gasteiger partial charge in [0.2, 0.25) is 0 Å². The van der Waals surface area contributed by atoms with Gasteiger partial charge >= 0.3 is 0 Å². The highest BCUT2D eigenvalue weighted by Gasteiger charge is 2.00. The van der Waals surface area contributed by atoms with Gasteiger partial charge in [-0.1, -0.05) is 18.2 Å². The summed E-state index contributed by atoms with van der Waals surface area (Å²) in [4.78, 5) is 0. The molecule has 0 saturated heterocycles. The van der Waals surface area contributed by atoms with Gasteiger partial charge in [-0.25, -0.2) is 0 Å². The normalized spacial score (nSPS) is 9.20. The molecule has 0 bridgehead atoms. The van der Waals surface area contributed by atoms with Gasteiger partial charge in [0.05, 0.1) is 6.61 Å². The molecule has 0 radical (unpaired) electrons. The molecule has 0 aliphatic heterocycles. The van der Waals surface area contributed by atoms with Crippen LogP contribution in [0, 0.1) is 11.8 Å². The van der Waals surface area contributed by atoms with Crippen molar-refractivity contribution in [2.45, 2.75) is 19.8 Å². The van der Waals surface area contributed by atoms with Crippen LogP contribution in [0.5, 0.6) is 5.75 Å². The summed E-state index contributed by atoms with van der Waals surface area (Å²) in [6.07, 6.45) is 1.63. The molecule has 0 aliphatic carbocycles. The SMILES string of the molecule is CC#CCCOc1ccccc1CCN. The van der Waals surface area contributed by atoms with Gasteiger partial charge in [-0.05, 0) is 31.5 Å². The van der Waals surface area contributed by atoms with E-state index >= 15 is 0 Å². The minimum absolute atomic E-state index is 0.641. The third-order valence-corrected chi connectivity index (χ3v) is 2.05. The van der Waals surface area contributed by atoms with Crippen molar-refractivity contribution in [2.24, 2.45) is 5.73 Å². The fourth-order valence-corrected chi connectivity index (χ4v) is 1.34. The Labute approximate surface area is 91.4 Å². The van der Waals surface area contributed by atoms with Crippen molar-refractivity contribution in [2.75, 3.05) is 13.2 Å². The van der Waals surface area contributed by atoms with Gasteiger partial charge in [-0.2, -0.15) is 0 Å². The molecule has 0 atom stereocenters. The summed E-state index contributed by atoms with van der Waals surface area (Å²) in [6.45, 7) is 3.12. The smallest absolute Gasteiger partial charge is 0.122 e. The van der Waals surface area contributed by atoms with E-state index in [1.165, 1.54) is 5.56 Å². The predicted octanol–water partition coefficient (Wildman–Crippen LogP) is 1.98. The van der Waals surface area contributed by atoms with Crippen molar-refractivity contribution < 1.29 is 4.74 Å². The van der Waals surface area contributed by atoms with Crippen LogP contribution in [0.25, 0.3) is 0 Å². The zero-order chi connectivity index (χ0) is 10.9. The average molecular weight is 203 g/mol. The van der Waals surface area contributed by atoms with Crippen molar-refractivity contribution in [3.05, 3.63) is 29.8 Å². The maximum atomic E-state index is 5.63. The van der Waals surface area contributed by atoms with E-state index < -0.39 is 0 Å². The molecule has 0 aliphatic rings. The van der Waals surface area contributed by atoms with Crippen LogP contribution in [0.3, 0.4) is 0 Å². The Kier molecular flexibility index (Phi) is 5.35. The zero-order valence-electron chi connectivity index (χ0n) is 9.12. The number of nitrogens with two attached hydrogens (primary N) is 1. The highest BCUT2D eigenvalue weighted by molar-refractivity contribution is 5.33. The highest BCUT2D eigenvalue weighted by Crippen LogP contribution is 2.18. The van der Waals surface area contributed by atoms with Crippen molar-refractivity contribution >= 4 is 0 Å². The first-order valence-electron chi connectivity index (χ1n) is 5.19. The molecule has 0 spiro atoms. The summed E-state index contributed by atoms with van der Waals surface area (Å²) in [5.41, 5.74) is 6.70. The van der Waals surface area contributed by atoms with Crippen LogP contribution in [0.15, 0.2) is 24.3 Å². The molecule has 0 saturated carbocycles. The van der Waals surface area contributed by atoms with E-state index in [0.717, 1.165) is 18.6 Å². The molecular formula is C13H17NO. The van der Waals surface area contributed by atoms with Crippen molar-refractivity contribution in [1.29, 1.82) is 0 Å². The van der Waals surface area contributed by atoms with Gasteiger partial charge in [0, 0.05) is 6.42 Å². The Bertz CT molecular complexity index is 349. The minimum Gasteiger partial charge on any atom is -0.492 e. The third-order valence-electron chi connectivity index (χ3n) is 2.05. The Hall–Kier alpha value is -1.46. The van der Waals surface area contributed by atoms with Gasteiger partial charge in [0.1, 0.15) is 5.75 Å². The van der Waals surface area contributed by atoms with Gasteiger partial charge in [0.15, 0.2) is 0 Å². The van der Waals surface area contributed by atoms with Crippen molar-refractivity contribution in [3.63, 3.8) is 0 Å². The Morgan fingerprint density at radius 2 is 2.13 bits per heavy atom. The van der Waals surface area contributed by atoms with Crippen molar-refractivity contribution in [1.82, 2.24) is 0 Å². The number of hydrogen-bond acceptors (Lipinski definition) is 2. The molecule has 0 amide bonds. The van der Waals surface area contributed by atoms with E-state index in [4.69, 9.17) is 10.5 Å². The maximum absolute atomic E-state index is 5.63. The maximum Gasteiger partial charge on any atom is 0.122 e. The molecule has 0 fully saturated rings. The van der Waals surface area contributed by atoms with Crippen LogP contribution in [0.4, 0.5) is 0 Å². The number of ether oxygens (including phenoxy) is 1. The number of hydrogen-bond donors (Lipinski definition) is 1. The molecular weight excluding hydrogens is 186 g/mol. The first kappa shape index (κ1) is 11.6. The molecule has 15 heavy (non-hydrogen) atoms. The lowest BCUT2D eigenvalue weighted by Crippen LogP contribution is -2.05. The Morgan fingerprint density at radius 1 is 1.33 bits per heavy atom. The molecule has 0 heterocycles. The first-order chi connectivity index (χ1) is 7.38. The molecule has 2 N–H and O–H groups in total. The first-order valence-corrected chi connectivity index (χ1v) is 5.19. The van der Waals surface area contributed by atoms with E-state index in [1.807, 2.05) is 31.2 Å². The molecule has 1 rings (SSSR count). The van der Waals surface area contributed by atoms with Crippen LogP contribution in [-0.2, 0) is 6.42 Å². The summed E-state index contributed by atoms with van der Waals surface area (Å²) >= 11 is 0. The van der Waals surface area contributed by atoms with Crippen LogP contribution < -0.4 is 10.5 Å². The van der Waals surface area contributed by atoms with E-state index in [9.17, 15) is 0 Å². The van der Waals surface area contributed by atoms with Crippen LogP contribution >= 0.6 is 0 Å². The van der Waals surface area contributed by atoms with E-state index in [0.29, 0.717) is 13.2 Å². The summed E-state index contributed by atoms with van der Waals surface area (Å²) in [7, 11) is 0. The monoisotopic (exact) mass is 203 g/mol. The zero-order valence-corrected chi connectivity index (χ0v) is 9.12. The molecule has 2 nitrogen and oxygen atoms in total. The second kappa shape index (κ2) is 6.92. The number of benzene rings is 1. The predicted molar refractivity (Wildman–Crippen MR) is 62.8 cm³/mol. The van der Waals surface area contributed by atoms with E-state index in [2.05, 4.69) is 11.8 Å². The van der Waals surface area contributed by atoms with Crippen LogP contribution in [0.2, 0.25) is 0 Å². The van der Waals surface area contributed by atoms with Crippen molar-refractivity contribution in [3.8, 4) is 17.6 Å². The molecule has 1 aromatic rings. The lowest BCUT2D eigenvalue weighted by molar-refractivity contribution is 0.324. The quantitative estimate of drug-likeness (QED) is 0.586. The Morgan fingerprint density at radius 3 is 2.87 bits per heavy atom. The fraction of sp³-hybridized carbons (Fsp3) is 0.385. The summed E-state index contributed by atoms with van der Waals surface area (Å²) < 4.78 is 5.63. The van der Waals surface area contributed by atoms with Crippen LogP contribution in [-0.4, -0.2) is 13.2 Å². The van der Waals surface area contributed by atoms with Gasteiger partial charge in [0.25, 0.3) is 0 Å². The van der Waals surface area contributed by atoms with Crippen LogP contribution in [0.1, 0.15) is 18.9 Å². The molecule has 80 valence electrons. The second-order valence-corrected chi connectivity index (χ2v) is 3.17. The lowest BCUT2D eigenvalue weighted by atomic mass is 10.1. The lowest BCUT2D eigenvalue weighted by Gasteiger charge is -2.09. The highest BCUT2D eigenvalue weighted by atomic mass is 16.5. The van der Waals surface area contributed by atoms with Gasteiger partial charge in [-0.15, -0.1) is 11.8 Å². The average Bonchev–Trinajstić information content (AvgIpc) is 2.27. The number of para-hydroxylation sites is 1. The second-order valence-electron chi connectivity index (χ2n) is 3.17. The fourth-order valence-electron chi connectivity index (χ4n) is 1.34. The summed E-state index contributed by atoms with van der Waals surface area (Å²) in [5, 5.41) is 0. The standard InChI is InChI=1S/C13H17NO/c1-2-3-6-11-15-13-8-5-4-7-12(13)9-10-14/h4-5,7-8H,6,9-11,14H2,1H3. The molecule has 0 aromatic heterocycles. The van der Waals surface area contributed by atoms with E-state index in [-0.39, 0.29) is 0 Å². The topological polar surface area (TPSA) is 35.2 Å². The van der Waals surface area contributed by atoms with Gasteiger partial charge in [-0.3, -0.25) is 0 Å². The Balaban J connectivity index is 2.53. The number of rotatable bonds is 5. The molecule has 1 aromatic carbocycles. The van der Waals surface area contributed by atoms with Gasteiger partial charge < -0.3 is 10.5 Å². The third kappa shape index (κ3) is 4.05. The molecule has 0 unspecified atom stereocenters. The molecule has 2 heteroatoms. The van der Waals surface area contributed by atoms with E-state index in [1.54, 1.807) is 0 Å². The largest absolute Gasteiger partial charge is 0.492 e. The summed E-state index contributed by atoms with van der Waals surface area (Å²) in [5.74, 6) is 6.75. The minimum atomic E-state index is 0.641.